The Morgan fingerprint density at radius 2 is 1.78 bits per heavy atom. The number of aryl methyl sites for hydroxylation is 1. The van der Waals surface area contributed by atoms with Gasteiger partial charge in [-0.15, -0.1) is 0 Å². The second-order valence-corrected chi connectivity index (χ2v) is 4.17. The highest BCUT2D eigenvalue weighted by atomic mass is 16.5. The van der Waals surface area contributed by atoms with Crippen molar-refractivity contribution in [3.8, 4) is 11.5 Å². The lowest BCUT2D eigenvalue weighted by Gasteiger charge is -2.09. The zero-order chi connectivity index (χ0) is 13.0. The van der Waals surface area contributed by atoms with E-state index in [2.05, 4.69) is 9.97 Å². The Morgan fingerprint density at radius 1 is 1.11 bits per heavy atom. The molecular formula is C14H17N3O. The van der Waals surface area contributed by atoms with Crippen molar-refractivity contribution < 1.29 is 4.74 Å². The van der Waals surface area contributed by atoms with Gasteiger partial charge in [0, 0.05) is 11.7 Å². The van der Waals surface area contributed by atoms with Gasteiger partial charge in [0.05, 0.1) is 18.1 Å². The lowest BCUT2D eigenvalue weighted by Crippen LogP contribution is -2.10. The first kappa shape index (κ1) is 12.5. The average molecular weight is 243 g/mol. The van der Waals surface area contributed by atoms with Crippen LogP contribution in [-0.2, 0) is 0 Å². The zero-order valence-corrected chi connectivity index (χ0v) is 10.6. The molecule has 0 radical (unpaired) electrons. The topological polar surface area (TPSA) is 61.0 Å². The third kappa shape index (κ3) is 3.05. The van der Waals surface area contributed by atoms with Crippen LogP contribution in [0.4, 0.5) is 0 Å². The number of nitrogens with two attached hydrogens (primary N) is 1. The molecule has 0 bridgehead atoms. The number of aromatic nitrogens is 2. The molecule has 0 spiro atoms. The van der Waals surface area contributed by atoms with E-state index in [1.165, 1.54) is 0 Å². The minimum absolute atomic E-state index is 0.0138. The van der Waals surface area contributed by atoms with E-state index in [0.717, 1.165) is 17.8 Å². The molecule has 4 heteroatoms. The van der Waals surface area contributed by atoms with Crippen LogP contribution in [0, 0.1) is 6.92 Å². The van der Waals surface area contributed by atoms with Crippen molar-refractivity contribution in [3.05, 3.63) is 48.0 Å². The van der Waals surface area contributed by atoms with E-state index in [0.29, 0.717) is 11.5 Å². The summed E-state index contributed by atoms with van der Waals surface area (Å²) >= 11 is 0. The summed E-state index contributed by atoms with van der Waals surface area (Å²) in [5.74, 6) is 1.39. The molecule has 1 unspecified atom stereocenters. The average Bonchev–Trinajstić information content (AvgIpc) is 2.41. The summed E-state index contributed by atoms with van der Waals surface area (Å²) in [6, 6.07) is 7.54. The van der Waals surface area contributed by atoms with Gasteiger partial charge < -0.3 is 10.5 Å². The minimum Gasteiger partial charge on any atom is -0.454 e. The summed E-state index contributed by atoms with van der Waals surface area (Å²) in [6.45, 7) is 3.97. The maximum Gasteiger partial charge on any atom is 0.145 e. The van der Waals surface area contributed by atoms with Gasteiger partial charge in [-0.2, -0.15) is 0 Å². The Kier molecular flexibility index (Phi) is 3.89. The highest BCUT2D eigenvalue weighted by Crippen LogP contribution is 2.21. The number of ether oxygens (including phenoxy) is 1. The van der Waals surface area contributed by atoms with Crippen LogP contribution in [0.15, 0.2) is 36.7 Å². The van der Waals surface area contributed by atoms with Crippen molar-refractivity contribution in [2.45, 2.75) is 26.3 Å². The monoisotopic (exact) mass is 243 g/mol. The smallest absolute Gasteiger partial charge is 0.145 e. The van der Waals surface area contributed by atoms with E-state index in [1.54, 1.807) is 12.4 Å². The molecule has 2 aromatic heterocycles. The summed E-state index contributed by atoms with van der Waals surface area (Å²) in [5.41, 5.74) is 7.74. The van der Waals surface area contributed by atoms with Gasteiger partial charge >= 0.3 is 0 Å². The predicted molar refractivity (Wildman–Crippen MR) is 70.5 cm³/mol. The summed E-state index contributed by atoms with van der Waals surface area (Å²) in [7, 11) is 0. The summed E-state index contributed by atoms with van der Waals surface area (Å²) in [6.07, 6.45) is 4.25. The molecule has 0 aliphatic carbocycles. The fourth-order valence-electron chi connectivity index (χ4n) is 1.53. The van der Waals surface area contributed by atoms with Crippen molar-refractivity contribution in [2.75, 3.05) is 0 Å². The Morgan fingerprint density at radius 3 is 2.28 bits per heavy atom. The number of pyridine rings is 2. The van der Waals surface area contributed by atoms with E-state index >= 15 is 0 Å². The standard InChI is InChI=1S/C14H17N3O/c1-3-13(15)14-7-6-12(9-17-14)18-11-5-4-10(2)16-8-11/h4-9,13H,3,15H2,1-2H3. The maximum absolute atomic E-state index is 5.90. The second kappa shape index (κ2) is 5.60. The predicted octanol–water partition coefficient (Wildman–Crippen LogP) is 2.99. The molecule has 0 aromatic carbocycles. The first-order chi connectivity index (χ1) is 8.69. The third-order valence-corrected chi connectivity index (χ3v) is 2.70. The SMILES string of the molecule is CCC(N)c1ccc(Oc2ccc(C)nc2)cn1. The van der Waals surface area contributed by atoms with Crippen LogP contribution in [0.5, 0.6) is 11.5 Å². The molecule has 0 saturated heterocycles. The number of hydrogen-bond donors (Lipinski definition) is 1. The molecule has 2 rings (SSSR count). The van der Waals surface area contributed by atoms with Crippen molar-refractivity contribution in [2.24, 2.45) is 5.73 Å². The largest absolute Gasteiger partial charge is 0.454 e. The van der Waals surface area contributed by atoms with Gasteiger partial charge in [-0.05, 0) is 37.6 Å². The van der Waals surface area contributed by atoms with Gasteiger partial charge in [0.1, 0.15) is 11.5 Å². The first-order valence-electron chi connectivity index (χ1n) is 6.01. The Labute approximate surface area is 107 Å². The molecule has 0 amide bonds. The van der Waals surface area contributed by atoms with Crippen LogP contribution in [-0.4, -0.2) is 9.97 Å². The molecular weight excluding hydrogens is 226 g/mol. The van der Waals surface area contributed by atoms with E-state index in [-0.39, 0.29) is 6.04 Å². The summed E-state index contributed by atoms with van der Waals surface area (Å²) in [5, 5.41) is 0. The summed E-state index contributed by atoms with van der Waals surface area (Å²) < 4.78 is 5.64. The van der Waals surface area contributed by atoms with Crippen LogP contribution in [0.3, 0.4) is 0 Å². The molecule has 2 N–H and O–H groups in total. The molecule has 1 atom stereocenters. The molecule has 0 aliphatic heterocycles. The Hall–Kier alpha value is -1.94. The van der Waals surface area contributed by atoms with Crippen LogP contribution >= 0.6 is 0 Å². The molecule has 18 heavy (non-hydrogen) atoms. The molecule has 0 saturated carbocycles. The Balaban J connectivity index is 2.08. The quantitative estimate of drug-likeness (QED) is 0.896. The van der Waals surface area contributed by atoms with Gasteiger partial charge in [0.2, 0.25) is 0 Å². The maximum atomic E-state index is 5.90. The molecule has 4 nitrogen and oxygen atoms in total. The molecule has 0 fully saturated rings. The van der Waals surface area contributed by atoms with Crippen LogP contribution in [0.2, 0.25) is 0 Å². The van der Waals surface area contributed by atoms with Crippen LogP contribution in [0.1, 0.15) is 30.8 Å². The van der Waals surface area contributed by atoms with Crippen molar-refractivity contribution in [3.63, 3.8) is 0 Å². The van der Waals surface area contributed by atoms with Gasteiger partial charge in [0.25, 0.3) is 0 Å². The molecule has 2 heterocycles. The minimum atomic E-state index is -0.0138. The van der Waals surface area contributed by atoms with E-state index < -0.39 is 0 Å². The van der Waals surface area contributed by atoms with Gasteiger partial charge in [-0.25, -0.2) is 0 Å². The van der Waals surface area contributed by atoms with E-state index in [9.17, 15) is 0 Å². The third-order valence-electron chi connectivity index (χ3n) is 2.70. The number of nitrogens with zero attached hydrogens (tertiary/aromatic N) is 2. The van der Waals surface area contributed by atoms with Crippen molar-refractivity contribution >= 4 is 0 Å². The lowest BCUT2D eigenvalue weighted by atomic mass is 10.1. The fourth-order valence-corrected chi connectivity index (χ4v) is 1.53. The van der Waals surface area contributed by atoms with Crippen LogP contribution < -0.4 is 10.5 Å². The number of rotatable bonds is 4. The van der Waals surface area contributed by atoms with Crippen molar-refractivity contribution in [1.82, 2.24) is 9.97 Å². The Bertz CT molecular complexity index is 493. The lowest BCUT2D eigenvalue weighted by molar-refractivity contribution is 0.476. The fraction of sp³-hybridized carbons (Fsp3) is 0.286. The van der Waals surface area contributed by atoms with Gasteiger partial charge in [0.15, 0.2) is 0 Å². The van der Waals surface area contributed by atoms with Crippen molar-refractivity contribution in [1.29, 1.82) is 0 Å². The molecule has 94 valence electrons. The zero-order valence-electron chi connectivity index (χ0n) is 10.6. The van der Waals surface area contributed by atoms with E-state index in [4.69, 9.17) is 10.5 Å². The van der Waals surface area contributed by atoms with Crippen LogP contribution in [0.25, 0.3) is 0 Å². The number of hydrogen-bond acceptors (Lipinski definition) is 4. The second-order valence-electron chi connectivity index (χ2n) is 4.17. The first-order valence-corrected chi connectivity index (χ1v) is 6.01. The summed E-state index contributed by atoms with van der Waals surface area (Å²) in [4.78, 5) is 8.46. The highest BCUT2D eigenvalue weighted by Gasteiger charge is 2.05. The highest BCUT2D eigenvalue weighted by molar-refractivity contribution is 5.29. The van der Waals surface area contributed by atoms with E-state index in [1.807, 2.05) is 38.1 Å². The normalized spacial score (nSPS) is 12.2. The molecule has 0 aliphatic rings. The van der Waals surface area contributed by atoms with Gasteiger partial charge in [-0.1, -0.05) is 6.92 Å². The molecule has 2 aromatic rings. The van der Waals surface area contributed by atoms with Gasteiger partial charge in [-0.3, -0.25) is 9.97 Å².